The molecule has 0 aliphatic carbocycles. The second-order valence-corrected chi connectivity index (χ2v) is 16.4. The molecule has 1 rings (SSSR count). The van der Waals surface area contributed by atoms with E-state index >= 15 is 0 Å². The standard InChI is InChI=1S/C24H41N3O8SSi/c1-9-10-21(35-37(7,8)24(3,4)5)20(15-22(28)29)23(30)25(6)17(2)16-26(36(33)34)18-11-13-19(14-12-18)27(31)32/h11-14,17,20-21H,9-10,15-16H2,1-8H3,(H,28,29)(H,33,34)/t17-,20-,21+/m0/s1. The number of nitrogens with zero attached hydrogens (tertiary/aromatic N) is 3. The first-order valence-electron chi connectivity index (χ1n) is 12.2. The number of nitro benzene ring substituents is 1. The topological polar surface area (TPSA) is 151 Å². The molecule has 4 atom stereocenters. The monoisotopic (exact) mass is 559 g/mol. The molecule has 2 N–H and O–H groups in total. The maximum absolute atomic E-state index is 13.6. The highest BCUT2D eigenvalue weighted by Crippen LogP contribution is 2.39. The van der Waals surface area contributed by atoms with Gasteiger partial charge in [0.2, 0.25) is 5.91 Å². The molecule has 13 heteroatoms. The van der Waals surface area contributed by atoms with E-state index in [2.05, 4.69) is 33.9 Å². The van der Waals surface area contributed by atoms with E-state index in [-0.39, 0.29) is 23.0 Å². The van der Waals surface area contributed by atoms with Crippen LogP contribution in [0.15, 0.2) is 24.3 Å². The van der Waals surface area contributed by atoms with Crippen LogP contribution in [0.4, 0.5) is 11.4 Å². The molecule has 0 heterocycles. The van der Waals surface area contributed by atoms with E-state index < -0.39 is 60.9 Å². The Bertz CT molecular complexity index is 968. The third-order valence-corrected chi connectivity index (χ3v) is 12.2. The molecule has 0 aromatic heterocycles. The summed E-state index contributed by atoms with van der Waals surface area (Å²) in [7, 11) is -0.785. The predicted octanol–water partition coefficient (Wildman–Crippen LogP) is 4.67. The van der Waals surface area contributed by atoms with Crippen molar-refractivity contribution in [2.24, 2.45) is 5.92 Å². The van der Waals surface area contributed by atoms with Crippen molar-refractivity contribution in [1.29, 1.82) is 0 Å². The molecule has 0 spiro atoms. The van der Waals surface area contributed by atoms with Crippen LogP contribution in [0.2, 0.25) is 18.1 Å². The average molecular weight is 560 g/mol. The van der Waals surface area contributed by atoms with Gasteiger partial charge < -0.3 is 14.4 Å². The Morgan fingerprint density at radius 2 is 1.76 bits per heavy atom. The van der Waals surface area contributed by atoms with Crippen LogP contribution in [0.25, 0.3) is 0 Å². The second kappa shape index (κ2) is 13.4. The molecular weight excluding hydrogens is 518 g/mol. The number of benzene rings is 1. The summed E-state index contributed by atoms with van der Waals surface area (Å²) in [6.07, 6.45) is 0.252. The second-order valence-electron chi connectivity index (χ2n) is 10.8. The molecule has 0 fully saturated rings. The Morgan fingerprint density at radius 3 is 2.16 bits per heavy atom. The molecule has 0 bridgehead atoms. The number of carbonyl (C=O) groups is 2. The summed E-state index contributed by atoms with van der Waals surface area (Å²) in [6, 6.07) is 4.58. The van der Waals surface area contributed by atoms with Gasteiger partial charge in [0.25, 0.3) is 17.0 Å². The van der Waals surface area contributed by atoms with Gasteiger partial charge >= 0.3 is 5.97 Å². The molecule has 0 aliphatic heterocycles. The quantitative estimate of drug-likeness (QED) is 0.144. The molecule has 0 aliphatic rings. The van der Waals surface area contributed by atoms with Crippen molar-refractivity contribution in [3.05, 3.63) is 34.4 Å². The number of carboxylic acids is 1. The zero-order valence-electron chi connectivity index (χ0n) is 23.0. The van der Waals surface area contributed by atoms with Gasteiger partial charge in [-0.15, -0.1) is 0 Å². The fourth-order valence-corrected chi connectivity index (χ4v) is 5.63. The molecule has 210 valence electrons. The number of anilines is 1. The van der Waals surface area contributed by atoms with E-state index in [0.717, 1.165) is 4.31 Å². The average Bonchev–Trinajstić information content (AvgIpc) is 2.78. The molecule has 37 heavy (non-hydrogen) atoms. The van der Waals surface area contributed by atoms with Crippen LogP contribution < -0.4 is 4.31 Å². The first-order valence-corrected chi connectivity index (χ1v) is 16.2. The summed E-state index contributed by atoms with van der Waals surface area (Å²) in [5.41, 5.74) is 0.110. The van der Waals surface area contributed by atoms with Crippen molar-refractivity contribution in [2.45, 2.75) is 84.2 Å². The predicted molar refractivity (Wildman–Crippen MR) is 146 cm³/mol. The van der Waals surface area contributed by atoms with E-state index in [1.165, 1.54) is 36.2 Å². The minimum Gasteiger partial charge on any atom is -0.481 e. The number of aliphatic carboxylic acids is 1. The van der Waals surface area contributed by atoms with Gasteiger partial charge in [-0.05, 0) is 43.6 Å². The smallest absolute Gasteiger partial charge is 0.304 e. The largest absolute Gasteiger partial charge is 0.481 e. The molecule has 0 saturated heterocycles. The highest BCUT2D eigenvalue weighted by molar-refractivity contribution is 7.80. The van der Waals surface area contributed by atoms with Gasteiger partial charge in [0.1, 0.15) is 0 Å². The van der Waals surface area contributed by atoms with Gasteiger partial charge in [-0.3, -0.25) is 28.6 Å². The van der Waals surface area contributed by atoms with Crippen LogP contribution >= 0.6 is 0 Å². The number of amides is 1. The summed E-state index contributed by atoms with van der Waals surface area (Å²) in [4.78, 5) is 37.2. The fraction of sp³-hybridized carbons (Fsp3) is 0.667. The zero-order valence-corrected chi connectivity index (χ0v) is 24.8. The van der Waals surface area contributed by atoms with Crippen molar-refractivity contribution in [2.75, 3.05) is 17.9 Å². The Morgan fingerprint density at radius 1 is 1.22 bits per heavy atom. The first kappa shape index (κ1) is 32.7. The Balaban J connectivity index is 3.22. The van der Waals surface area contributed by atoms with Gasteiger partial charge in [-0.25, -0.2) is 4.21 Å². The Hall–Kier alpha value is -2.35. The van der Waals surface area contributed by atoms with E-state index in [1.807, 2.05) is 6.92 Å². The van der Waals surface area contributed by atoms with Gasteiger partial charge in [-0.2, -0.15) is 0 Å². The molecule has 0 radical (unpaired) electrons. The van der Waals surface area contributed by atoms with E-state index in [9.17, 15) is 33.6 Å². The lowest BCUT2D eigenvalue weighted by Gasteiger charge is -2.42. The van der Waals surface area contributed by atoms with Crippen molar-refractivity contribution in [1.82, 2.24) is 4.90 Å². The van der Waals surface area contributed by atoms with Crippen LogP contribution in [-0.4, -0.2) is 69.6 Å². The summed E-state index contributed by atoms with van der Waals surface area (Å²) in [6.45, 7) is 13.9. The van der Waals surface area contributed by atoms with Gasteiger partial charge in [0.05, 0.1) is 35.6 Å². The first-order chi connectivity index (χ1) is 16.9. The molecular formula is C24H41N3O8SSi. The summed E-state index contributed by atoms with van der Waals surface area (Å²) in [5.74, 6) is -2.45. The number of non-ortho nitro benzene ring substituents is 1. The Labute approximate surface area is 222 Å². The van der Waals surface area contributed by atoms with Gasteiger partial charge in [0.15, 0.2) is 8.32 Å². The minimum atomic E-state index is -2.46. The van der Waals surface area contributed by atoms with Crippen LogP contribution in [0.1, 0.15) is 53.9 Å². The lowest BCUT2D eigenvalue weighted by Crippen LogP contribution is -2.51. The lowest BCUT2D eigenvalue weighted by atomic mass is 9.93. The van der Waals surface area contributed by atoms with E-state index in [1.54, 1.807) is 6.92 Å². The highest BCUT2D eigenvalue weighted by atomic mass is 32.2. The van der Waals surface area contributed by atoms with Crippen molar-refractivity contribution < 1.29 is 32.8 Å². The number of carbonyl (C=O) groups excluding carboxylic acids is 1. The zero-order chi connectivity index (χ0) is 28.7. The van der Waals surface area contributed by atoms with Crippen LogP contribution in [0, 0.1) is 16.0 Å². The Kier molecular flexibility index (Phi) is 11.9. The van der Waals surface area contributed by atoms with Crippen LogP contribution in [-0.2, 0) is 25.3 Å². The van der Waals surface area contributed by atoms with Crippen molar-refractivity contribution in [3.63, 3.8) is 0 Å². The number of nitro groups is 1. The summed E-state index contributed by atoms with van der Waals surface area (Å²) in [5, 5.41) is 20.4. The van der Waals surface area contributed by atoms with Crippen molar-refractivity contribution in [3.8, 4) is 0 Å². The molecule has 1 aromatic rings. The number of likely N-dealkylation sites (N-methyl/N-ethyl adjacent to an activating group) is 1. The van der Waals surface area contributed by atoms with Gasteiger partial charge in [0, 0.05) is 25.2 Å². The number of hydrogen-bond donors (Lipinski definition) is 2. The van der Waals surface area contributed by atoms with Crippen LogP contribution in [0.5, 0.6) is 0 Å². The third-order valence-electron chi connectivity index (χ3n) is 6.96. The number of rotatable bonds is 14. The SMILES string of the molecule is CCC[C@@H](O[Si](C)(C)C(C)(C)C)[C@H](CC(=O)O)C(=O)N(C)[C@@H](C)CN(c1ccc([N+](=O)[O-])cc1)S(=O)O. The minimum absolute atomic E-state index is 0.0650. The molecule has 1 amide bonds. The molecule has 0 saturated carbocycles. The highest BCUT2D eigenvalue weighted by Gasteiger charge is 2.43. The maximum atomic E-state index is 13.6. The third kappa shape index (κ3) is 9.16. The van der Waals surface area contributed by atoms with E-state index in [0.29, 0.717) is 12.8 Å². The van der Waals surface area contributed by atoms with Crippen LogP contribution in [0.3, 0.4) is 0 Å². The van der Waals surface area contributed by atoms with E-state index in [4.69, 9.17) is 4.43 Å². The normalized spacial score (nSPS) is 15.4. The number of carboxylic acid groups (broad SMARTS) is 1. The molecule has 1 aromatic carbocycles. The fourth-order valence-electron chi connectivity index (χ4n) is 3.59. The lowest BCUT2D eigenvalue weighted by molar-refractivity contribution is -0.384. The molecule has 11 nitrogen and oxygen atoms in total. The van der Waals surface area contributed by atoms with Gasteiger partial charge in [-0.1, -0.05) is 34.1 Å². The maximum Gasteiger partial charge on any atom is 0.304 e. The summed E-state index contributed by atoms with van der Waals surface area (Å²) < 4.78 is 29.6. The number of hydrogen-bond acceptors (Lipinski definition) is 6. The molecule has 1 unspecified atom stereocenters. The summed E-state index contributed by atoms with van der Waals surface area (Å²) >= 11 is -2.46. The van der Waals surface area contributed by atoms with Crippen molar-refractivity contribution >= 4 is 42.8 Å².